The van der Waals surface area contributed by atoms with E-state index in [0.717, 1.165) is 28.2 Å². The number of methoxy groups -OCH3 is 1. The van der Waals surface area contributed by atoms with Crippen LogP contribution < -0.4 is 4.74 Å². The zero-order chi connectivity index (χ0) is 28.6. The van der Waals surface area contributed by atoms with Gasteiger partial charge in [0.25, 0.3) is 0 Å². The Labute approximate surface area is 241 Å². The van der Waals surface area contributed by atoms with Crippen LogP contribution in [0.3, 0.4) is 0 Å². The van der Waals surface area contributed by atoms with Crippen LogP contribution in [0.2, 0.25) is 0 Å². The van der Waals surface area contributed by atoms with Crippen molar-refractivity contribution in [1.29, 1.82) is 0 Å². The fraction of sp³-hybridized carbons (Fsp3) is 0.242. The maximum Gasteiger partial charge on any atom is 0.243 e. The zero-order valence-corrected chi connectivity index (χ0v) is 24.4. The van der Waals surface area contributed by atoms with Crippen LogP contribution in [0, 0.1) is 13.8 Å². The summed E-state index contributed by atoms with van der Waals surface area (Å²) in [6.07, 6.45) is 2.19. The molecule has 0 radical (unpaired) electrons. The minimum absolute atomic E-state index is 0.291. The lowest BCUT2D eigenvalue weighted by Gasteiger charge is -2.34. The van der Waals surface area contributed by atoms with E-state index in [0.29, 0.717) is 43.4 Å². The number of hydrogen-bond acceptors (Lipinski definition) is 5. The van der Waals surface area contributed by atoms with E-state index >= 15 is 0 Å². The van der Waals surface area contributed by atoms with E-state index in [9.17, 15) is 8.42 Å². The SMILES string of the molecule is COc1ccc(S(=O)(=O)N2CCN(Cc3c(-c4ccccc4)nc4ccc(-c5cc(C)ccc5C)cn34)CC2)cc1. The highest BCUT2D eigenvalue weighted by molar-refractivity contribution is 7.89. The molecule has 0 N–H and O–H groups in total. The van der Waals surface area contributed by atoms with Crippen molar-refractivity contribution < 1.29 is 13.2 Å². The van der Waals surface area contributed by atoms with Crippen LogP contribution in [-0.2, 0) is 16.6 Å². The molecular formula is C33H34N4O3S. The molecule has 0 atom stereocenters. The predicted molar refractivity (Wildman–Crippen MR) is 163 cm³/mol. The zero-order valence-electron chi connectivity index (χ0n) is 23.6. The second-order valence-electron chi connectivity index (χ2n) is 10.6. The molecule has 210 valence electrons. The van der Waals surface area contributed by atoms with Crippen molar-refractivity contribution in [2.24, 2.45) is 0 Å². The van der Waals surface area contributed by atoms with Crippen molar-refractivity contribution in [1.82, 2.24) is 18.6 Å². The monoisotopic (exact) mass is 566 g/mol. The summed E-state index contributed by atoms with van der Waals surface area (Å²) >= 11 is 0. The summed E-state index contributed by atoms with van der Waals surface area (Å²) in [5, 5.41) is 0. The third-order valence-electron chi connectivity index (χ3n) is 7.87. The van der Waals surface area contributed by atoms with Crippen LogP contribution in [0.4, 0.5) is 0 Å². The van der Waals surface area contributed by atoms with Gasteiger partial charge >= 0.3 is 0 Å². The molecule has 0 unspecified atom stereocenters. The molecule has 8 heteroatoms. The average molecular weight is 567 g/mol. The van der Waals surface area contributed by atoms with E-state index in [1.54, 1.807) is 35.7 Å². The first kappa shape index (κ1) is 27.2. The Morgan fingerprint density at radius 3 is 2.27 bits per heavy atom. The first-order valence-electron chi connectivity index (χ1n) is 13.8. The summed E-state index contributed by atoms with van der Waals surface area (Å²) in [6.45, 7) is 7.05. The van der Waals surface area contributed by atoms with Gasteiger partial charge in [-0.2, -0.15) is 4.31 Å². The molecule has 41 heavy (non-hydrogen) atoms. The Hall–Kier alpha value is -3.98. The van der Waals surface area contributed by atoms with E-state index in [1.165, 1.54) is 16.7 Å². The highest BCUT2D eigenvalue weighted by Gasteiger charge is 2.29. The van der Waals surface area contributed by atoms with E-state index < -0.39 is 10.0 Å². The molecule has 0 amide bonds. The number of rotatable bonds is 7. The number of aromatic nitrogens is 2. The molecule has 1 fully saturated rings. The van der Waals surface area contributed by atoms with Crippen molar-refractivity contribution in [2.75, 3.05) is 33.3 Å². The highest BCUT2D eigenvalue weighted by Crippen LogP contribution is 2.30. The smallest absolute Gasteiger partial charge is 0.243 e. The molecule has 0 saturated carbocycles. The van der Waals surface area contributed by atoms with Crippen molar-refractivity contribution >= 4 is 15.7 Å². The second kappa shape index (κ2) is 11.1. The summed E-state index contributed by atoms with van der Waals surface area (Å²) in [6, 6.07) is 27.6. The highest BCUT2D eigenvalue weighted by atomic mass is 32.2. The Balaban J connectivity index is 1.30. The fourth-order valence-corrected chi connectivity index (χ4v) is 6.94. The molecule has 3 heterocycles. The van der Waals surface area contributed by atoms with Gasteiger partial charge in [0.1, 0.15) is 11.4 Å². The normalized spacial score (nSPS) is 14.9. The van der Waals surface area contributed by atoms with Crippen LogP contribution >= 0.6 is 0 Å². The molecule has 1 saturated heterocycles. The quantitative estimate of drug-likeness (QED) is 0.249. The third kappa shape index (κ3) is 5.38. The van der Waals surface area contributed by atoms with Gasteiger partial charge in [0, 0.05) is 44.5 Å². The Morgan fingerprint density at radius 1 is 0.829 bits per heavy atom. The molecule has 1 aliphatic rings. The number of imidazole rings is 1. The molecule has 0 aliphatic carbocycles. The number of nitrogens with zero attached hydrogens (tertiary/aromatic N) is 4. The summed E-state index contributed by atoms with van der Waals surface area (Å²) in [4.78, 5) is 7.66. The molecule has 6 rings (SSSR count). The molecule has 2 aromatic heterocycles. The van der Waals surface area contributed by atoms with Crippen LogP contribution in [0.5, 0.6) is 5.75 Å². The fourth-order valence-electron chi connectivity index (χ4n) is 5.51. The number of pyridine rings is 1. The minimum Gasteiger partial charge on any atom is -0.497 e. The van der Waals surface area contributed by atoms with Crippen LogP contribution in [0.1, 0.15) is 16.8 Å². The first-order chi connectivity index (χ1) is 19.8. The van der Waals surface area contributed by atoms with Gasteiger partial charge in [-0.3, -0.25) is 4.90 Å². The summed E-state index contributed by atoms with van der Waals surface area (Å²) in [5.41, 5.74) is 8.84. The lowest BCUT2D eigenvalue weighted by molar-refractivity contribution is 0.180. The van der Waals surface area contributed by atoms with Crippen molar-refractivity contribution in [3.05, 3.63) is 108 Å². The van der Waals surface area contributed by atoms with E-state index in [-0.39, 0.29) is 0 Å². The Bertz CT molecular complexity index is 1790. The third-order valence-corrected chi connectivity index (χ3v) is 9.78. The number of sulfonamides is 1. The van der Waals surface area contributed by atoms with Crippen LogP contribution in [-0.4, -0.2) is 60.3 Å². The van der Waals surface area contributed by atoms with E-state index in [1.807, 2.05) is 18.2 Å². The van der Waals surface area contributed by atoms with E-state index in [2.05, 4.69) is 71.8 Å². The maximum atomic E-state index is 13.3. The number of ether oxygens (including phenoxy) is 1. The van der Waals surface area contributed by atoms with Gasteiger partial charge in [0.15, 0.2) is 0 Å². The van der Waals surface area contributed by atoms with Gasteiger partial charge in [-0.15, -0.1) is 0 Å². The maximum absolute atomic E-state index is 13.3. The molecular weight excluding hydrogens is 532 g/mol. The van der Waals surface area contributed by atoms with Gasteiger partial charge in [-0.05, 0) is 66.9 Å². The second-order valence-corrected chi connectivity index (χ2v) is 12.5. The summed E-state index contributed by atoms with van der Waals surface area (Å²) in [5.74, 6) is 0.636. The molecule has 1 aliphatic heterocycles. The summed E-state index contributed by atoms with van der Waals surface area (Å²) < 4.78 is 35.6. The van der Waals surface area contributed by atoms with Gasteiger partial charge in [0.05, 0.1) is 23.4 Å². The molecule has 7 nitrogen and oxygen atoms in total. The predicted octanol–water partition coefficient (Wildman–Crippen LogP) is 5.80. The standard InChI is InChI=1S/C33H34N4O3S/c1-24-9-10-25(2)30(21-24)27-11-16-32-34-33(26-7-5-4-6-8-26)31(37(32)22-27)23-35-17-19-36(20-18-35)41(38,39)29-14-12-28(40-3)13-15-29/h4-16,21-22H,17-20,23H2,1-3H3. The largest absolute Gasteiger partial charge is 0.497 e. The van der Waals surface area contributed by atoms with Crippen LogP contribution in [0.15, 0.2) is 96.0 Å². The Kier molecular flexibility index (Phi) is 7.38. The number of benzene rings is 3. The first-order valence-corrected chi connectivity index (χ1v) is 15.3. The van der Waals surface area contributed by atoms with Crippen molar-refractivity contribution in [3.63, 3.8) is 0 Å². The minimum atomic E-state index is -3.57. The Morgan fingerprint density at radius 2 is 1.56 bits per heavy atom. The van der Waals surface area contributed by atoms with E-state index in [4.69, 9.17) is 9.72 Å². The molecule has 0 spiro atoms. The van der Waals surface area contributed by atoms with Gasteiger partial charge in [-0.1, -0.05) is 54.1 Å². The average Bonchev–Trinajstić information content (AvgIpc) is 3.36. The van der Waals surface area contributed by atoms with Gasteiger partial charge in [0.2, 0.25) is 10.0 Å². The number of hydrogen-bond donors (Lipinski definition) is 0. The topological polar surface area (TPSA) is 67.2 Å². The molecule has 0 bridgehead atoms. The van der Waals surface area contributed by atoms with Crippen molar-refractivity contribution in [2.45, 2.75) is 25.3 Å². The molecule has 5 aromatic rings. The van der Waals surface area contributed by atoms with Crippen LogP contribution in [0.25, 0.3) is 28.0 Å². The number of aryl methyl sites for hydroxylation is 2. The molecule has 3 aromatic carbocycles. The van der Waals surface area contributed by atoms with Gasteiger partial charge in [-0.25, -0.2) is 13.4 Å². The van der Waals surface area contributed by atoms with Crippen molar-refractivity contribution in [3.8, 4) is 28.1 Å². The summed E-state index contributed by atoms with van der Waals surface area (Å²) in [7, 11) is -2.00. The lowest BCUT2D eigenvalue weighted by atomic mass is 10.00. The van der Waals surface area contributed by atoms with Gasteiger partial charge < -0.3 is 9.14 Å². The number of fused-ring (bicyclic) bond motifs is 1. The lowest BCUT2D eigenvalue weighted by Crippen LogP contribution is -2.48. The number of piperazine rings is 1.